The van der Waals surface area contributed by atoms with Crippen molar-refractivity contribution < 1.29 is 26.0 Å². The Morgan fingerprint density at radius 1 is 1.08 bits per heavy atom. The SMILES string of the molecule is CS(=O)Oc1ccc2c(=O)c(-c3ccc(C(F)(F)F)cc3)coc2c1. The first-order chi connectivity index (χ1) is 11.8. The Kier molecular flexibility index (Phi) is 4.38. The van der Waals surface area contributed by atoms with Crippen molar-refractivity contribution in [2.24, 2.45) is 0 Å². The zero-order chi connectivity index (χ0) is 18.2. The van der Waals surface area contributed by atoms with Gasteiger partial charge in [-0.3, -0.25) is 4.79 Å². The van der Waals surface area contributed by atoms with Gasteiger partial charge in [0.25, 0.3) is 0 Å². The molecule has 130 valence electrons. The molecule has 8 heteroatoms. The summed E-state index contributed by atoms with van der Waals surface area (Å²) in [5.74, 6) is 0.277. The second kappa shape index (κ2) is 6.36. The first-order valence-electron chi connectivity index (χ1n) is 7.00. The molecule has 3 aromatic rings. The van der Waals surface area contributed by atoms with Gasteiger partial charge < -0.3 is 8.60 Å². The molecule has 25 heavy (non-hydrogen) atoms. The van der Waals surface area contributed by atoms with Crippen LogP contribution in [0.2, 0.25) is 0 Å². The molecule has 1 aromatic heterocycles. The topological polar surface area (TPSA) is 56.5 Å². The quantitative estimate of drug-likeness (QED) is 0.697. The molecule has 1 atom stereocenters. The Balaban J connectivity index is 2.04. The molecule has 0 saturated carbocycles. The van der Waals surface area contributed by atoms with Crippen LogP contribution in [0.3, 0.4) is 0 Å². The van der Waals surface area contributed by atoms with Crippen molar-refractivity contribution in [3.05, 3.63) is 64.5 Å². The van der Waals surface area contributed by atoms with Gasteiger partial charge in [0.1, 0.15) is 17.6 Å². The maximum absolute atomic E-state index is 12.6. The third-order valence-electron chi connectivity index (χ3n) is 3.48. The molecule has 1 heterocycles. The lowest BCUT2D eigenvalue weighted by atomic mass is 10.0. The molecule has 0 spiro atoms. The van der Waals surface area contributed by atoms with Crippen LogP contribution in [-0.4, -0.2) is 10.5 Å². The molecule has 0 aliphatic carbocycles. The molecule has 0 N–H and O–H groups in total. The maximum Gasteiger partial charge on any atom is 0.416 e. The summed E-state index contributed by atoms with van der Waals surface area (Å²) in [5.41, 5.74) is -0.489. The van der Waals surface area contributed by atoms with Crippen molar-refractivity contribution in [3.63, 3.8) is 0 Å². The third kappa shape index (κ3) is 3.58. The van der Waals surface area contributed by atoms with Gasteiger partial charge in [0.15, 0.2) is 5.43 Å². The summed E-state index contributed by atoms with van der Waals surface area (Å²) in [5, 5.41) is 0.242. The normalized spacial score (nSPS) is 13.0. The van der Waals surface area contributed by atoms with Crippen LogP contribution in [0.4, 0.5) is 13.2 Å². The predicted octanol–water partition coefficient (Wildman–Crippen LogP) is 4.15. The lowest BCUT2D eigenvalue weighted by Crippen LogP contribution is -2.07. The van der Waals surface area contributed by atoms with Crippen LogP contribution < -0.4 is 9.61 Å². The fourth-order valence-electron chi connectivity index (χ4n) is 2.33. The highest BCUT2D eigenvalue weighted by Gasteiger charge is 2.30. The fraction of sp³-hybridized carbons (Fsp3) is 0.118. The Hall–Kier alpha value is -2.61. The molecule has 0 amide bonds. The second-order valence-corrected chi connectivity index (χ2v) is 6.17. The maximum atomic E-state index is 12.6. The van der Waals surface area contributed by atoms with E-state index in [2.05, 4.69) is 0 Å². The van der Waals surface area contributed by atoms with Gasteiger partial charge in [-0.15, -0.1) is 0 Å². The first-order valence-corrected chi connectivity index (χ1v) is 8.49. The van der Waals surface area contributed by atoms with E-state index in [0.29, 0.717) is 5.56 Å². The summed E-state index contributed by atoms with van der Waals surface area (Å²) >= 11 is -1.52. The average molecular weight is 368 g/mol. The van der Waals surface area contributed by atoms with Crippen molar-refractivity contribution in [2.75, 3.05) is 6.26 Å². The number of hydrogen-bond acceptors (Lipinski definition) is 4. The Morgan fingerprint density at radius 2 is 1.76 bits per heavy atom. The third-order valence-corrected chi connectivity index (χ3v) is 3.91. The highest BCUT2D eigenvalue weighted by molar-refractivity contribution is 7.79. The largest absolute Gasteiger partial charge is 0.463 e. The Bertz CT molecular complexity index is 1010. The molecule has 0 radical (unpaired) electrons. The van der Waals surface area contributed by atoms with E-state index in [1.54, 1.807) is 0 Å². The van der Waals surface area contributed by atoms with Gasteiger partial charge in [-0.25, -0.2) is 4.21 Å². The van der Waals surface area contributed by atoms with Crippen molar-refractivity contribution in [3.8, 4) is 16.9 Å². The highest BCUT2D eigenvalue weighted by Crippen LogP contribution is 2.31. The van der Waals surface area contributed by atoms with Gasteiger partial charge in [0.2, 0.25) is 11.1 Å². The van der Waals surface area contributed by atoms with E-state index in [1.165, 1.54) is 42.9 Å². The van der Waals surface area contributed by atoms with E-state index in [0.717, 1.165) is 12.1 Å². The minimum atomic E-state index is -4.44. The van der Waals surface area contributed by atoms with Crippen molar-refractivity contribution in [1.82, 2.24) is 0 Å². The zero-order valence-electron chi connectivity index (χ0n) is 12.8. The van der Waals surface area contributed by atoms with Gasteiger partial charge >= 0.3 is 6.18 Å². The Labute approximate surface area is 142 Å². The molecular weight excluding hydrogens is 357 g/mol. The van der Waals surface area contributed by atoms with E-state index in [1.807, 2.05) is 0 Å². The van der Waals surface area contributed by atoms with Crippen molar-refractivity contribution >= 4 is 22.0 Å². The molecule has 0 bridgehead atoms. The van der Waals surface area contributed by atoms with Crippen LogP contribution in [0, 0.1) is 0 Å². The number of hydrogen-bond donors (Lipinski definition) is 0. The molecule has 0 aliphatic heterocycles. The zero-order valence-corrected chi connectivity index (χ0v) is 13.6. The fourth-order valence-corrected chi connectivity index (χ4v) is 2.71. The smallest absolute Gasteiger partial charge is 0.416 e. The summed E-state index contributed by atoms with van der Waals surface area (Å²) in [6.07, 6.45) is -1.91. The Morgan fingerprint density at radius 3 is 2.36 bits per heavy atom. The molecule has 2 aromatic carbocycles. The lowest BCUT2D eigenvalue weighted by Gasteiger charge is -2.08. The van der Waals surface area contributed by atoms with Crippen LogP contribution in [-0.2, 0) is 17.3 Å². The summed E-state index contributed by atoms with van der Waals surface area (Å²) in [6.45, 7) is 0. The van der Waals surface area contributed by atoms with Gasteiger partial charge in [0.05, 0.1) is 16.5 Å². The summed E-state index contributed by atoms with van der Waals surface area (Å²) < 4.78 is 59.4. The van der Waals surface area contributed by atoms with E-state index in [9.17, 15) is 22.2 Å². The standard InChI is InChI=1S/C17H11F3O4S/c1-25(22)24-12-6-7-13-15(8-12)23-9-14(16(13)21)10-2-4-11(5-3-10)17(18,19)20/h2-9H,1H3. The van der Waals surface area contributed by atoms with Crippen LogP contribution in [0.15, 0.2) is 57.9 Å². The molecule has 1 unspecified atom stereocenters. The molecule has 0 saturated heterocycles. The lowest BCUT2D eigenvalue weighted by molar-refractivity contribution is -0.137. The summed E-state index contributed by atoms with van der Waals surface area (Å²) in [6, 6.07) is 8.61. The minimum Gasteiger partial charge on any atom is -0.463 e. The molecule has 0 fully saturated rings. The van der Waals surface area contributed by atoms with Crippen LogP contribution in [0.25, 0.3) is 22.1 Å². The van der Waals surface area contributed by atoms with Gasteiger partial charge in [-0.05, 0) is 29.8 Å². The molecule has 4 nitrogen and oxygen atoms in total. The van der Waals surface area contributed by atoms with E-state index in [-0.39, 0.29) is 27.7 Å². The number of rotatable bonds is 3. The first kappa shape index (κ1) is 17.2. The van der Waals surface area contributed by atoms with Crippen LogP contribution in [0.1, 0.15) is 5.56 Å². The highest BCUT2D eigenvalue weighted by atomic mass is 32.2. The summed E-state index contributed by atoms with van der Waals surface area (Å²) in [7, 11) is 0. The molecule has 3 rings (SSSR count). The molecule has 0 aliphatic rings. The van der Waals surface area contributed by atoms with E-state index < -0.39 is 22.8 Å². The van der Waals surface area contributed by atoms with Crippen molar-refractivity contribution in [1.29, 1.82) is 0 Å². The number of alkyl halides is 3. The monoisotopic (exact) mass is 368 g/mol. The molecular formula is C17H11F3O4S. The van der Waals surface area contributed by atoms with Gasteiger partial charge in [-0.1, -0.05) is 12.1 Å². The van der Waals surface area contributed by atoms with Gasteiger partial charge in [0, 0.05) is 12.3 Å². The average Bonchev–Trinajstić information content (AvgIpc) is 2.54. The van der Waals surface area contributed by atoms with Crippen LogP contribution in [0.5, 0.6) is 5.75 Å². The number of fused-ring (bicyclic) bond motifs is 1. The number of halogens is 3. The predicted molar refractivity (Wildman–Crippen MR) is 87.6 cm³/mol. The van der Waals surface area contributed by atoms with Gasteiger partial charge in [-0.2, -0.15) is 13.2 Å². The van der Waals surface area contributed by atoms with E-state index in [4.69, 9.17) is 8.60 Å². The number of benzene rings is 2. The van der Waals surface area contributed by atoms with Crippen LogP contribution >= 0.6 is 0 Å². The van der Waals surface area contributed by atoms with Crippen molar-refractivity contribution in [2.45, 2.75) is 6.18 Å². The minimum absolute atomic E-state index is 0.147. The van der Waals surface area contributed by atoms with E-state index >= 15 is 0 Å². The summed E-state index contributed by atoms with van der Waals surface area (Å²) in [4.78, 5) is 12.6. The second-order valence-electron chi connectivity index (χ2n) is 5.20.